The number of anilines is 1. The standard InChI is InChI=1S/C19H23ClN4O2/c1-26-16-6-4-15(5-7-16)13-23-9-11-24(12-10-23)14-18(25)22-17-3-2-8-21-19(17)20/h2-8H,9-14H2,1H3,(H,22,25). The van der Waals surface area contributed by atoms with Crippen LogP contribution in [0, 0.1) is 0 Å². The van der Waals surface area contributed by atoms with Crippen LogP contribution in [0.1, 0.15) is 5.56 Å². The lowest BCUT2D eigenvalue weighted by molar-refractivity contribution is -0.117. The number of carbonyl (C=O) groups is 1. The Kier molecular flexibility index (Phi) is 6.44. The van der Waals surface area contributed by atoms with Crippen LogP contribution in [-0.2, 0) is 11.3 Å². The van der Waals surface area contributed by atoms with Gasteiger partial charge in [-0.2, -0.15) is 0 Å². The second-order valence-electron chi connectivity index (χ2n) is 6.29. The number of methoxy groups -OCH3 is 1. The number of nitrogens with one attached hydrogen (secondary N) is 1. The van der Waals surface area contributed by atoms with E-state index in [1.165, 1.54) is 5.56 Å². The summed E-state index contributed by atoms with van der Waals surface area (Å²) in [6.07, 6.45) is 1.60. The number of hydrogen-bond donors (Lipinski definition) is 1. The van der Waals surface area contributed by atoms with E-state index in [1.807, 2.05) is 12.1 Å². The van der Waals surface area contributed by atoms with E-state index in [1.54, 1.807) is 25.4 Å². The van der Waals surface area contributed by atoms with Crippen molar-refractivity contribution in [3.8, 4) is 5.75 Å². The van der Waals surface area contributed by atoms with Crippen LogP contribution < -0.4 is 10.1 Å². The van der Waals surface area contributed by atoms with Gasteiger partial charge in [0.1, 0.15) is 5.75 Å². The molecule has 0 radical (unpaired) electrons. The number of halogens is 1. The Morgan fingerprint density at radius 3 is 2.50 bits per heavy atom. The average molecular weight is 375 g/mol. The van der Waals surface area contributed by atoms with Gasteiger partial charge in [0.15, 0.2) is 5.15 Å². The minimum absolute atomic E-state index is 0.0662. The molecule has 0 spiro atoms. The highest BCUT2D eigenvalue weighted by atomic mass is 35.5. The molecule has 0 unspecified atom stereocenters. The number of ether oxygens (including phenoxy) is 1. The number of pyridine rings is 1. The van der Waals surface area contributed by atoms with Crippen LogP contribution in [0.3, 0.4) is 0 Å². The first-order valence-electron chi connectivity index (χ1n) is 8.62. The number of amides is 1. The first kappa shape index (κ1) is 18.6. The van der Waals surface area contributed by atoms with Gasteiger partial charge in [-0.05, 0) is 29.8 Å². The van der Waals surface area contributed by atoms with Crippen molar-refractivity contribution in [1.29, 1.82) is 0 Å². The molecule has 138 valence electrons. The fourth-order valence-corrected chi connectivity index (χ4v) is 3.13. The highest BCUT2D eigenvalue weighted by Crippen LogP contribution is 2.17. The van der Waals surface area contributed by atoms with Crippen molar-refractivity contribution in [3.05, 3.63) is 53.3 Å². The Labute approximate surface area is 158 Å². The molecule has 26 heavy (non-hydrogen) atoms. The van der Waals surface area contributed by atoms with Crippen LogP contribution in [0.4, 0.5) is 5.69 Å². The van der Waals surface area contributed by atoms with Crippen LogP contribution >= 0.6 is 11.6 Å². The summed E-state index contributed by atoms with van der Waals surface area (Å²) in [4.78, 5) is 20.7. The summed E-state index contributed by atoms with van der Waals surface area (Å²) < 4.78 is 5.19. The maximum absolute atomic E-state index is 12.2. The molecule has 2 heterocycles. The number of hydrogen-bond acceptors (Lipinski definition) is 5. The van der Waals surface area contributed by atoms with E-state index >= 15 is 0 Å². The van der Waals surface area contributed by atoms with Gasteiger partial charge in [0.05, 0.1) is 19.3 Å². The zero-order chi connectivity index (χ0) is 18.4. The third-order valence-corrected chi connectivity index (χ3v) is 4.73. The summed E-state index contributed by atoms with van der Waals surface area (Å²) in [5, 5.41) is 3.13. The lowest BCUT2D eigenvalue weighted by Crippen LogP contribution is -2.48. The Balaban J connectivity index is 1.43. The van der Waals surface area contributed by atoms with E-state index in [0.717, 1.165) is 38.5 Å². The van der Waals surface area contributed by atoms with Crippen molar-refractivity contribution >= 4 is 23.2 Å². The van der Waals surface area contributed by atoms with Gasteiger partial charge >= 0.3 is 0 Å². The third kappa shape index (κ3) is 5.17. The third-order valence-electron chi connectivity index (χ3n) is 4.43. The quantitative estimate of drug-likeness (QED) is 0.787. The molecule has 1 aliphatic heterocycles. The van der Waals surface area contributed by atoms with Crippen LogP contribution in [-0.4, -0.2) is 60.5 Å². The Morgan fingerprint density at radius 1 is 1.15 bits per heavy atom. The van der Waals surface area contributed by atoms with Gasteiger partial charge in [0.2, 0.25) is 5.91 Å². The molecule has 0 saturated carbocycles. The number of rotatable bonds is 6. The molecule has 0 bridgehead atoms. The van der Waals surface area contributed by atoms with E-state index in [0.29, 0.717) is 17.4 Å². The van der Waals surface area contributed by atoms with Crippen LogP contribution in [0.15, 0.2) is 42.6 Å². The molecule has 1 amide bonds. The fourth-order valence-electron chi connectivity index (χ4n) is 2.97. The van der Waals surface area contributed by atoms with Crippen LogP contribution in [0.2, 0.25) is 5.15 Å². The van der Waals surface area contributed by atoms with Gasteiger partial charge in [-0.3, -0.25) is 14.6 Å². The summed E-state index contributed by atoms with van der Waals surface area (Å²) in [6.45, 7) is 4.88. The monoisotopic (exact) mass is 374 g/mol. The maximum atomic E-state index is 12.2. The molecular formula is C19H23ClN4O2. The van der Waals surface area contributed by atoms with Gasteiger partial charge in [-0.1, -0.05) is 23.7 Å². The zero-order valence-corrected chi connectivity index (χ0v) is 15.6. The fraction of sp³-hybridized carbons (Fsp3) is 0.368. The van der Waals surface area contributed by atoms with Crippen molar-refractivity contribution in [1.82, 2.24) is 14.8 Å². The van der Waals surface area contributed by atoms with Crippen molar-refractivity contribution in [2.75, 3.05) is 45.2 Å². The molecule has 1 saturated heterocycles. The van der Waals surface area contributed by atoms with E-state index in [-0.39, 0.29) is 5.91 Å². The molecule has 3 rings (SSSR count). The smallest absolute Gasteiger partial charge is 0.238 e. The van der Waals surface area contributed by atoms with Crippen molar-refractivity contribution < 1.29 is 9.53 Å². The molecule has 6 nitrogen and oxygen atoms in total. The lowest BCUT2D eigenvalue weighted by Gasteiger charge is -2.34. The first-order valence-corrected chi connectivity index (χ1v) is 9.00. The second kappa shape index (κ2) is 8.98. The molecular weight excluding hydrogens is 352 g/mol. The predicted molar refractivity (Wildman–Crippen MR) is 103 cm³/mol. The number of carbonyl (C=O) groups excluding carboxylic acids is 1. The molecule has 1 fully saturated rings. The molecule has 0 atom stereocenters. The average Bonchev–Trinajstić information content (AvgIpc) is 2.66. The van der Waals surface area contributed by atoms with Crippen LogP contribution in [0.25, 0.3) is 0 Å². The summed E-state index contributed by atoms with van der Waals surface area (Å²) in [7, 11) is 1.67. The van der Waals surface area contributed by atoms with Gasteiger partial charge in [-0.15, -0.1) is 0 Å². The van der Waals surface area contributed by atoms with Gasteiger partial charge < -0.3 is 10.1 Å². The minimum Gasteiger partial charge on any atom is -0.497 e. The predicted octanol–water partition coefficient (Wildman–Crippen LogP) is 2.50. The van der Waals surface area contributed by atoms with E-state index in [4.69, 9.17) is 16.3 Å². The molecule has 0 aliphatic carbocycles. The minimum atomic E-state index is -0.0662. The van der Waals surface area contributed by atoms with Gasteiger partial charge in [-0.25, -0.2) is 4.98 Å². The number of benzene rings is 1. The number of nitrogens with zero attached hydrogens (tertiary/aromatic N) is 3. The Hall–Kier alpha value is -2.15. The largest absolute Gasteiger partial charge is 0.497 e. The highest BCUT2D eigenvalue weighted by molar-refractivity contribution is 6.32. The van der Waals surface area contributed by atoms with Crippen LogP contribution in [0.5, 0.6) is 5.75 Å². The Morgan fingerprint density at radius 2 is 1.85 bits per heavy atom. The van der Waals surface area contributed by atoms with Crippen molar-refractivity contribution in [3.63, 3.8) is 0 Å². The zero-order valence-electron chi connectivity index (χ0n) is 14.8. The summed E-state index contributed by atoms with van der Waals surface area (Å²) >= 11 is 5.97. The molecule has 7 heteroatoms. The van der Waals surface area contributed by atoms with Gasteiger partial charge in [0, 0.05) is 38.9 Å². The summed E-state index contributed by atoms with van der Waals surface area (Å²) in [6, 6.07) is 11.7. The topological polar surface area (TPSA) is 57.7 Å². The summed E-state index contributed by atoms with van der Waals surface area (Å²) in [5.41, 5.74) is 1.82. The highest BCUT2D eigenvalue weighted by Gasteiger charge is 2.19. The molecule has 2 aromatic rings. The number of piperazine rings is 1. The lowest BCUT2D eigenvalue weighted by atomic mass is 10.2. The number of aromatic nitrogens is 1. The first-order chi connectivity index (χ1) is 12.6. The SMILES string of the molecule is COc1ccc(CN2CCN(CC(=O)Nc3cccnc3Cl)CC2)cc1. The maximum Gasteiger partial charge on any atom is 0.238 e. The molecule has 1 N–H and O–H groups in total. The van der Waals surface area contributed by atoms with E-state index < -0.39 is 0 Å². The summed E-state index contributed by atoms with van der Waals surface area (Å²) in [5.74, 6) is 0.807. The van der Waals surface area contributed by atoms with Crippen molar-refractivity contribution in [2.24, 2.45) is 0 Å². The second-order valence-corrected chi connectivity index (χ2v) is 6.65. The molecule has 1 aromatic heterocycles. The van der Waals surface area contributed by atoms with E-state index in [2.05, 4.69) is 32.2 Å². The van der Waals surface area contributed by atoms with Crippen molar-refractivity contribution in [2.45, 2.75) is 6.54 Å². The molecule has 1 aliphatic rings. The molecule has 1 aromatic carbocycles. The normalized spacial score (nSPS) is 15.6. The van der Waals surface area contributed by atoms with Gasteiger partial charge in [0.25, 0.3) is 0 Å². The Bertz CT molecular complexity index is 731. The van der Waals surface area contributed by atoms with E-state index in [9.17, 15) is 4.79 Å².